The molecule has 112 valence electrons. The number of halogens is 1. The van der Waals surface area contributed by atoms with E-state index in [0.29, 0.717) is 11.3 Å². The number of rotatable bonds is 4. The number of benzene rings is 1. The number of nitrogens with one attached hydrogen (secondary N) is 1. The van der Waals surface area contributed by atoms with E-state index in [-0.39, 0.29) is 16.5 Å². The van der Waals surface area contributed by atoms with Gasteiger partial charge in [0.1, 0.15) is 22.3 Å². The number of anilines is 2. The van der Waals surface area contributed by atoms with Crippen molar-refractivity contribution < 1.29 is 17.5 Å². The van der Waals surface area contributed by atoms with Crippen LogP contribution in [0.3, 0.4) is 0 Å². The molecule has 21 heavy (non-hydrogen) atoms. The fourth-order valence-electron chi connectivity index (χ4n) is 1.68. The lowest BCUT2D eigenvalue weighted by Crippen LogP contribution is -2.15. The predicted octanol–water partition coefficient (Wildman–Crippen LogP) is 1.92. The normalized spacial score (nSPS) is 11.2. The van der Waals surface area contributed by atoms with Gasteiger partial charge in [-0.25, -0.2) is 17.8 Å². The van der Waals surface area contributed by atoms with Crippen molar-refractivity contribution >= 4 is 21.5 Å². The first kappa shape index (κ1) is 15.0. The van der Waals surface area contributed by atoms with Crippen LogP contribution in [0.15, 0.2) is 35.4 Å². The highest BCUT2D eigenvalue weighted by atomic mass is 32.2. The minimum atomic E-state index is -3.95. The van der Waals surface area contributed by atoms with Gasteiger partial charge in [-0.15, -0.1) is 0 Å². The average molecular weight is 311 g/mol. The number of pyridine rings is 1. The van der Waals surface area contributed by atoms with E-state index in [2.05, 4.69) is 9.71 Å². The predicted molar refractivity (Wildman–Crippen MR) is 77.1 cm³/mol. The number of ether oxygens (including phenoxy) is 1. The molecule has 0 fully saturated rings. The summed E-state index contributed by atoms with van der Waals surface area (Å²) in [6, 6.07) is 5.16. The number of sulfonamides is 1. The second-order valence-corrected chi connectivity index (χ2v) is 5.98. The molecule has 0 atom stereocenters. The van der Waals surface area contributed by atoms with Gasteiger partial charge in [-0.3, -0.25) is 4.72 Å². The summed E-state index contributed by atoms with van der Waals surface area (Å²) in [7, 11) is -2.59. The number of hydrogen-bond acceptors (Lipinski definition) is 5. The Morgan fingerprint density at radius 2 is 2.05 bits per heavy atom. The highest BCUT2D eigenvalue weighted by Gasteiger charge is 2.21. The molecule has 0 aliphatic carbocycles. The van der Waals surface area contributed by atoms with E-state index < -0.39 is 15.8 Å². The number of methoxy groups -OCH3 is 1. The fourth-order valence-corrected chi connectivity index (χ4v) is 2.87. The first-order chi connectivity index (χ1) is 9.83. The molecule has 0 saturated heterocycles. The van der Waals surface area contributed by atoms with Crippen LogP contribution >= 0.6 is 0 Å². The van der Waals surface area contributed by atoms with Gasteiger partial charge in [-0.05, 0) is 36.8 Å². The van der Waals surface area contributed by atoms with E-state index in [4.69, 9.17) is 10.5 Å². The van der Waals surface area contributed by atoms with Crippen LogP contribution in [-0.2, 0) is 10.0 Å². The summed E-state index contributed by atoms with van der Waals surface area (Å²) in [6.45, 7) is 1.74. The zero-order valence-electron chi connectivity index (χ0n) is 11.4. The molecule has 0 aliphatic heterocycles. The van der Waals surface area contributed by atoms with E-state index in [1.807, 2.05) is 0 Å². The van der Waals surface area contributed by atoms with Gasteiger partial charge in [-0.2, -0.15) is 0 Å². The molecule has 0 radical (unpaired) electrons. The molecule has 8 heteroatoms. The molecule has 1 heterocycles. The van der Waals surface area contributed by atoms with Crippen LogP contribution in [0.25, 0.3) is 0 Å². The van der Waals surface area contributed by atoms with Crippen molar-refractivity contribution in [3.63, 3.8) is 0 Å². The Morgan fingerprint density at radius 3 is 2.62 bits per heavy atom. The van der Waals surface area contributed by atoms with Gasteiger partial charge in [-0.1, -0.05) is 0 Å². The number of hydrogen-bond donors (Lipinski definition) is 2. The molecule has 0 saturated carbocycles. The minimum Gasteiger partial charge on any atom is -0.495 e. The summed E-state index contributed by atoms with van der Waals surface area (Å²) in [5.74, 6) is -0.399. The Morgan fingerprint density at radius 1 is 1.33 bits per heavy atom. The van der Waals surface area contributed by atoms with E-state index in [1.165, 1.54) is 25.3 Å². The number of nitrogens with zero attached hydrogens (tertiary/aromatic N) is 1. The third-order valence-corrected chi connectivity index (χ3v) is 4.18. The minimum absolute atomic E-state index is 0.00222. The van der Waals surface area contributed by atoms with Crippen molar-refractivity contribution in [3.8, 4) is 5.75 Å². The Hall–Kier alpha value is -2.35. The van der Waals surface area contributed by atoms with Crippen molar-refractivity contribution in [2.75, 3.05) is 17.6 Å². The van der Waals surface area contributed by atoms with Gasteiger partial charge < -0.3 is 10.5 Å². The van der Waals surface area contributed by atoms with E-state index in [0.717, 1.165) is 12.3 Å². The van der Waals surface area contributed by atoms with Crippen molar-refractivity contribution in [2.45, 2.75) is 11.8 Å². The molecule has 3 N–H and O–H groups in total. The summed E-state index contributed by atoms with van der Waals surface area (Å²) < 4.78 is 44.8. The summed E-state index contributed by atoms with van der Waals surface area (Å²) in [5.41, 5.74) is 6.76. The highest BCUT2D eigenvalue weighted by molar-refractivity contribution is 7.92. The molecule has 0 aliphatic rings. The standard InChI is InChI=1S/C13H14FN3O3S/c1-8-5-11(20-2)12(6-10(8)15)21(18,19)17-13-4-3-9(14)7-16-13/h3-7H,15H2,1-2H3,(H,16,17). The zero-order chi connectivity index (χ0) is 15.6. The summed E-state index contributed by atoms with van der Waals surface area (Å²) in [4.78, 5) is 3.54. The SMILES string of the molecule is COc1cc(C)c(N)cc1S(=O)(=O)Nc1ccc(F)cn1. The third-order valence-electron chi connectivity index (χ3n) is 2.81. The summed E-state index contributed by atoms with van der Waals surface area (Å²) >= 11 is 0. The van der Waals surface area contributed by atoms with Gasteiger partial charge in [0.05, 0.1) is 13.3 Å². The smallest absolute Gasteiger partial charge is 0.266 e. The van der Waals surface area contributed by atoms with Crippen LogP contribution in [0.2, 0.25) is 0 Å². The van der Waals surface area contributed by atoms with Crippen molar-refractivity contribution in [2.24, 2.45) is 0 Å². The Balaban J connectivity index is 2.44. The molecule has 6 nitrogen and oxygen atoms in total. The van der Waals surface area contributed by atoms with Crippen LogP contribution in [-0.4, -0.2) is 20.5 Å². The maximum absolute atomic E-state index is 12.8. The van der Waals surface area contributed by atoms with E-state index in [9.17, 15) is 12.8 Å². The van der Waals surface area contributed by atoms with Gasteiger partial charge in [0.25, 0.3) is 10.0 Å². The molecule has 1 aromatic heterocycles. The molecule has 0 spiro atoms. The van der Waals surface area contributed by atoms with Crippen molar-refractivity contribution in [3.05, 3.63) is 41.8 Å². The number of aryl methyl sites for hydroxylation is 1. The number of nitrogens with two attached hydrogens (primary N) is 1. The van der Waals surface area contributed by atoms with Crippen LogP contribution in [0.1, 0.15) is 5.56 Å². The molecule has 2 rings (SSSR count). The molecule has 0 bridgehead atoms. The van der Waals surface area contributed by atoms with E-state index >= 15 is 0 Å². The maximum Gasteiger partial charge on any atom is 0.266 e. The van der Waals surface area contributed by atoms with Crippen LogP contribution in [0, 0.1) is 12.7 Å². The number of nitrogen functional groups attached to an aromatic ring is 1. The lowest BCUT2D eigenvalue weighted by Gasteiger charge is -2.13. The Kier molecular flexibility index (Phi) is 3.99. The maximum atomic E-state index is 12.8. The van der Waals surface area contributed by atoms with Crippen molar-refractivity contribution in [1.29, 1.82) is 0 Å². The molecule has 0 amide bonds. The molecule has 1 aromatic carbocycles. The zero-order valence-corrected chi connectivity index (χ0v) is 12.2. The quantitative estimate of drug-likeness (QED) is 0.841. The van der Waals surface area contributed by atoms with Crippen LogP contribution < -0.4 is 15.2 Å². The second kappa shape index (κ2) is 5.57. The molecular formula is C13H14FN3O3S. The molecule has 2 aromatic rings. The summed E-state index contributed by atoms with van der Waals surface area (Å²) in [6.07, 6.45) is 0.915. The van der Waals surface area contributed by atoms with Gasteiger partial charge in [0.15, 0.2) is 0 Å². The highest BCUT2D eigenvalue weighted by Crippen LogP contribution is 2.29. The van der Waals surface area contributed by atoms with Crippen LogP contribution in [0.5, 0.6) is 5.75 Å². The monoisotopic (exact) mass is 311 g/mol. The van der Waals surface area contributed by atoms with Crippen molar-refractivity contribution in [1.82, 2.24) is 4.98 Å². The Bertz CT molecular complexity index is 761. The topological polar surface area (TPSA) is 94.3 Å². The molecular weight excluding hydrogens is 297 g/mol. The van der Waals surface area contributed by atoms with Gasteiger partial charge >= 0.3 is 0 Å². The van der Waals surface area contributed by atoms with Crippen LogP contribution in [0.4, 0.5) is 15.9 Å². The third kappa shape index (κ3) is 3.22. The largest absolute Gasteiger partial charge is 0.495 e. The second-order valence-electron chi connectivity index (χ2n) is 4.33. The average Bonchev–Trinajstić information content (AvgIpc) is 2.43. The van der Waals surface area contributed by atoms with E-state index in [1.54, 1.807) is 6.92 Å². The fraction of sp³-hybridized carbons (Fsp3) is 0.154. The first-order valence-corrected chi connectivity index (χ1v) is 7.40. The molecule has 0 unspecified atom stereocenters. The summed E-state index contributed by atoms with van der Waals surface area (Å²) in [5, 5.41) is 0. The lowest BCUT2D eigenvalue weighted by atomic mass is 10.2. The van der Waals surface area contributed by atoms with Gasteiger partial charge in [0.2, 0.25) is 0 Å². The number of aromatic nitrogens is 1. The Labute approximate surface area is 121 Å². The first-order valence-electron chi connectivity index (χ1n) is 5.92. The lowest BCUT2D eigenvalue weighted by molar-refractivity contribution is 0.402. The van der Waals surface area contributed by atoms with Gasteiger partial charge in [0, 0.05) is 5.69 Å².